The smallest absolute Gasteiger partial charge is 0.222 e. The number of nitrogen functional groups attached to an aromatic ring is 2. The van der Waals surface area contributed by atoms with Crippen molar-refractivity contribution in [3.63, 3.8) is 0 Å². The van der Waals surface area contributed by atoms with Gasteiger partial charge in [-0.2, -0.15) is 4.98 Å². The van der Waals surface area contributed by atoms with Crippen LogP contribution in [0.1, 0.15) is 0 Å². The molecular weight excluding hydrogens is 322 g/mol. The number of nitrogens with one attached hydrogen (secondary N) is 1. The highest BCUT2D eigenvalue weighted by Crippen LogP contribution is 2.41. The van der Waals surface area contributed by atoms with Crippen LogP contribution in [0.4, 0.5) is 11.8 Å². The van der Waals surface area contributed by atoms with Gasteiger partial charge in [0.2, 0.25) is 11.7 Å². The molecule has 0 unspecified atom stereocenters. The topological polar surface area (TPSA) is 118 Å². The molecule has 0 aliphatic heterocycles. The number of methoxy groups -OCH3 is 3. The molecule has 8 heteroatoms. The molecule has 1 heterocycles. The van der Waals surface area contributed by atoms with Crippen molar-refractivity contribution < 1.29 is 14.2 Å². The van der Waals surface area contributed by atoms with E-state index in [4.69, 9.17) is 25.8 Å². The van der Waals surface area contributed by atoms with E-state index in [2.05, 4.69) is 15.4 Å². The lowest BCUT2D eigenvalue weighted by atomic mass is 10.0. The van der Waals surface area contributed by atoms with Gasteiger partial charge >= 0.3 is 0 Å². The van der Waals surface area contributed by atoms with Crippen LogP contribution in [-0.2, 0) is 0 Å². The Bertz CT molecular complexity index is 905. The number of hydrogen-bond donors (Lipinski definition) is 3. The number of anilines is 2. The maximum absolute atomic E-state index is 5.69. The summed E-state index contributed by atoms with van der Waals surface area (Å²) in [5.41, 5.74) is 10.7. The molecule has 2 aromatic carbocycles. The fourth-order valence-electron chi connectivity index (χ4n) is 2.68. The molecule has 8 nitrogen and oxygen atoms in total. The van der Waals surface area contributed by atoms with Crippen LogP contribution < -0.4 is 31.2 Å². The number of nitrogens with zero attached hydrogens (tertiary/aromatic N) is 2. The van der Waals surface area contributed by atoms with Gasteiger partial charge in [0.05, 0.1) is 26.8 Å². The summed E-state index contributed by atoms with van der Waals surface area (Å²) in [5.74, 6) is 7.84. The normalized spacial score (nSPS) is 10.6. The second kappa shape index (κ2) is 6.70. The van der Waals surface area contributed by atoms with E-state index < -0.39 is 0 Å². The van der Waals surface area contributed by atoms with Gasteiger partial charge in [-0.1, -0.05) is 6.07 Å². The van der Waals surface area contributed by atoms with Gasteiger partial charge in [-0.05, 0) is 35.4 Å². The minimum absolute atomic E-state index is 0.154. The first-order chi connectivity index (χ1) is 12.1. The Hall–Kier alpha value is -3.26. The Balaban J connectivity index is 2.21. The summed E-state index contributed by atoms with van der Waals surface area (Å²) in [6.07, 6.45) is 0. The number of fused-ring (bicyclic) bond motifs is 1. The minimum Gasteiger partial charge on any atom is -0.493 e. The van der Waals surface area contributed by atoms with Gasteiger partial charge in [0.25, 0.3) is 0 Å². The average molecular weight is 341 g/mol. The largest absolute Gasteiger partial charge is 0.493 e. The van der Waals surface area contributed by atoms with Crippen LogP contribution in [-0.4, -0.2) is 31.3 Å². The monoisotopic (exact) mass is 341 g/mol. The summed E-state index contributed by atoms with van der Waals surface area (Å²) in [7, 11) is 4.72. The summed E-state index contributed by atoms with van der Waals surface area (Å²) in [4.78, 5) is 8.33. The summed E-state index contributed by atoms with van der Waals surface area (Å²) >= 11 is 0. The zero-order valence-electron chi connectivity index (χ0n) is 14.2. The van der Waals surface area contributed by atoms with Crippen LogP contribution in [0.25, 0.3) is 22.0 Å². The van der Waals surface area contributed by atoms with E-state index in [1.165, 1.54) is 0 Å². The minimum atomic E-state index is 0.154. The van der Waals surface area contributed by atoms with Crippen molar-refractivity contribution in [3.8, 4) is 28.4 Å². The van der Waals surface area contributed by atoms with Crippen molar-refractivity contribution in [2.45, 2.75) is 0 Å². The van der Waals surface area contributed by atoms with Crippen molar-refractivity contribution in [3.05, 3.63) is 30.3 Å². The highest BCUT2D eigenvalue weighted by molar-refractivity contribution is 5.93. The fourth-order valence-corrected chi connectivity index (χ4v) is 2.68. The van der Waals surface area contributed by atoms with Crippen molar-refractivity contribution in [2.75, 3.05) is 32.5 Å². The zero-order valence-corrected chi connectivity index (χ0v) is 14.2. The molecule has 0 saturated heterocycles. The zero-order chi connectivity index (χ0) is 18.0. The Morgan fingerprint density at radius 1 is 0.880 bits per heavy atom. The highest BCUT2D eigenvalue weighted by atomic mass is 16.5. The maximum Gasteiger partial charge on any atom is 0.222 e. The molecule has 0 amide bonds. The van der Waals surface area contributed by atoms with Crippen LogP contribution >= 0.6 is 0 Å². The number of benzene rings is 2. The number of rotatable bonds is 5. The molecule has 0 saturated carbocycles. The van der Waals surface area contributed by atoms with Gasteiger partial charge in [0.1, 0.15) is 0 Å². The van der Waals surface area contributed by atoms with Crippen LogP contribution in [0.2, 0.25) is 0 Å². The van der Waals surface area contributed by atoms with Gasteiger partial charge in [-0.3, -0.25) is 0 Å². The molecule has 3 aromatic rings. The van der Waals surface area contributed by atoms with Crippen LogP contribution in [0.5, 0.6) is 17.2 Å². The Labute approximate surface area is 144 Å². The SMILES string of the molecule is COc1cc(-c2ccc3nc(N)nc(NN)c3c2)cc(OC)c1OC. The fraction of sp³-hybridized carbons (Fsp3) is 0.176. The van der Waals surface area contributed by atoms with Gasteiger partial charge < -0.3 is 25.4 Å². The number of aromatic nitrogens is 2. The van der Waals surface area contributed by atoms with Gasteiger partial charge in [0.15, 0.2) is 17.3 Å². The number of nitrogens with two attached hydrogens (primary N) is 2. The van der Waals surface area contributed by atoms with E-state index in [1.807, 2.05) is 30.3 Å². The first-order valence-electron chi connectivity index (χ1n) is 7.45. The molecule has 25 heavy (non-hydrogen) atoms. The molecule has 0 atom stereocenters. The van der Waals surface area contributed by atoms with Crippen molar-refractivity contribution in [1.82, 2.24) is 9.97 Å². The molecular formula is C17H19N5O3. The second-order valence-corrected chi connectivity index (χ2v) is 5.22. The van der Waals surface area contributed by atoms with E-state index in [9.17, 15) is 0 Å². The molecule has 0 spiro atoms. The first-order valence-corrected chi connectivity index (χ1v) is 7.45. The number of ether oxygens (including phenoxy) is 3. The lowest BCUT2D eigenvalue weighted by Gasteiger charge is -2.15. The molecule has 0 fully saturated rings. The Morgan fingerprint density at radius 3 is 2.12 bits per heavy atom. The molecule has 3 rings (SSSR count). The van der Waals surface area contributed by atoms with Crippen molar-refractivity contribution in [1.29, 1.82) is 0 Å². The molecule has 5 N–H and O–H groups in total. The molecule has 1 aromatic heterocycles. The maximum atomic E-state index is 5.69. The predicted octanol–water partition coefficient (Wildman–Crippen LogP) is 2.19. The third kappa shape index (κ3) is 2.94. The summed E-state index contributed by atoms with van der Waals surface area (Å²) in [5, 5.41) is 0.753. The third-order valence-corrected chi connectivity index (χ3v) is 3.85. The molecule has 130 valence electrons. The quantitative estimate of drug-likeness (QED) is 0.477. The van der Waals surface area contributed by atoms with E-state index in [1.54, 1.807) is 21.3 Å². The lowest BCUT2D eigenvalue weighted by molar-refractivity contribution is 0.324. The first kappa shape index (κ1) is 16.6. The Morgan fingerprint density at radius 2 is 1.56 bits per heavy atom. The van der Waals surface area contributed by atoms with E-state index in [-0.39, 0.29) is 5.95 Å². The standard InChI is InChI=1S/C17H19N5O3/c1-23-13-7-10(8-14(24-2)15(13)25-3)9-4-5-12-11(6-9)16(22-19)21-17(18)20-12/h4-8H,19H2,1-3H3,(H3,18,20,21,22). The van der Waals surface area contributed by atoms with Crippen molar-refractivity contribution in [2.24, 2.45) is 5.84 Å². The van der Waals surface area contributed by atoms with Crippen LogP contribution in [0.3, 0.4) is 0 Å². The number of hydrogen-bond acceptors (Lipinski definition) is 8. The summed E-state index contributed by atoms with van der Waals surface area (Å²) < 4.78 is 16.2. The lowest BCUT2D eigenvalue weighted by Crippen LogP contribution is -2.11. The van der Waals surface area contributed by atoms with Gasteiger partial charge in [-0.15, -0.1) is 0 Å². The molecule has 0 aliphatic carbocycles. The molecule has 0 bridgehead atoms. The highest BCUT2D eigenvalue weighted by Gasteiger charge is 2.15. The van der Waals surface area contributed by atoms with Gasteiger partial charge in [0, 0.05) is 5.39 Å². The Kier molecular flexibility index (Phi) is 4.44. The van der Waals surface area contributed by atoms with E-state index >= 15 is 0 Å². The third-order valence-electron chi connectivity index (χ3n) is 3.85. The second-order valence-electron chi connectivity index (χ2n) is 5.22. The van der Waals surface area contributed by atoms with E-state index in [0.717, 1.165) is 16.5 Å². The number of hydrazine groups is 1. The molecule has 0 radical (unpaired) electrons. The van der Waals surface area contributed by atoms with Crippen LogP contribution in [0, 0.1) is 0 Å². The van der Waals surface area contributed by atoms with Crippen LogP contribution in [0.15, 0.2) is 30.3 Å². The van der Waals surface area contributed by atoms with Gasteiger partial charge in [-0.25, -0.2) is 10.8 Å². The summed E-state index contributed by atoms with van der Waals surface area (Å²) in [6, 6.07) is 9.44. The molecule has 0 aliphatic rings. The average Bonchev–Trinajstić information content (AvgIpc) is 2.65. The predicted molar refractivity (Wildman–Crippen MR) is 96.9 cm³/mol. The van der Waals surface area contributed by atoms with Crippen molar-refractivity contribution >= 4 is 22.7 Å². The van der Waals surface area contributed by atoms with E-state index in [0.29, 0.717) is 28.6 Å². The summed E-state index contributed by atoms with van der Waals surface area (Å²) in [6.45, 7) is 0.